The van der Waals surface area contributed by atoms with Gasteiger partial charge in [-0.1, -0.05) is 328 Å². The van der Waals surface area contributed by atoms with Gasteiger partial charge in [0.15, 0.2) is 5.82 Å². The first-order chi connectivity index (χ1) is 61.4. The van der Waals surface area contributed by atoms with E-state index in [9.17, 15) is 0 Å². The van der Waals surface area contributed by atoms with Crippen molar-refractivity contribution in [2.45, 2.75) is 0 Å². The number of hydrogen-bond acceptors (Lipinski definition) is 3. The van der Waals surface area contributed by atoms with Crippen LogP contribution in [0.15, 0.2) is 455 Å². The molecule has 0 fully saturated rings. The maximum atomic E-state index is 5.65. The standard InChI is InChI=1S/C118H75N5S/c1-7-28-76(29-8-1)85-43-23-47-96(69-85)121-107-54-20-19-50-99(107)103-73-90(58-61-108(103)121)91-59-62-110-105(74-91)104-72-88(77-30-9-2-10-31-77)56-60-109(104)122(110)97-48-24-44-86(70-97)82-40-21-41-83(64-82)87-45-25-49-98(71-87)123-111-63-57-89(78-32-11-3-12-33-78)75-106(111)113-100(51-27-55-112(113)123)101-52-26-53-102-115-117(124-116(101)102)114(81-38-17-6-18-39-81)119-118(120-115)92-46-22-42-84(65-92)95-67-93(79-34-13-4-14-35-79)66-94(68-95)80-36-15-5-16-37-80/h1-75H. The van der Waals surface area contributed by atoms with Crippen molar-refractivity contribution < 1.29 is 0 Å². The van der Waals surface area contributed by atoms with Crippen LogP contribution in [-0.4, -0.2) is 23.7 Å². The van der Waals surface area contributed by atoms with Crippen molar-refractivity contribution in [3.8, 4) is 151 Å². The van der Waals surface area contributed by atoms with Crippen LogP contribution in [-0.2, 0) is 0 Å². The number of aromatic nitrogens is 5. The SMILES string of the molecule is c1ccc(-c2cc(-c3ccccc3)cc(-c3cccc(-c4nc(-c5ccccc5)c5sc6c(-c7cccc8c7c7cc(-c9ccccc9)ccc7n8-c7cccc(-c8cccc(-c9cccc(-n%10c%11ccc(-c%12ccccc%12)cc%11c%11cc(-c%12ccc%13c(c%12)c%12ccccc%12n%13-c%12cccc(-c%13ccccc%13)c%12)ccc%11%10)c9)c8)c7)cccc6c5n4)c3)c2)cc1. The van der Waals surface area contributed by atoms with Crippen molar-refractivity contribution >= 4 is 97.1 Å². The average Bonchev–Trinajstić information content (AvgIpc) is 1.57. The van der Waals surface area contributed by atoms with Crippen molar-refractivity contribution in [2.75, 3.05) is 0 Å². The maximum absolute atomic E-state index is 5.65. The van der Waals surface area contributed by atoms with E-state index in [-0.39, 0.29) is 0 Å². The Labute approximate surface area is 721 Å². The van der Waals surface area contributed by atoms with Crippen LogP contribution in [0.25, 0.3) is 237 Å². The van der Waals surface area contributed by atoms with E-state index < -0.39 is 0 Å². The Morgan fingerprint density at radius 2 is 0.468 bits per heavy atom. The van der Waals surface area contributed by atoms with Gasteiger partial charge < -0.3 is 13.7 Å². The van der Waals surface area contributed by atoms with E-state index in [2.05, 4.69) is 469 Å². The predicted octanol–water partition coefficient (Wildman–Crippen LogP) is 32.1. The van der Waals surface area contributed by atoms with Crippen LogP contribution in [0.5, 0.6) is 0 Å². The summed E-state index contributed by atoms with van der Waals surface area (Å²) in [4.78, 5) is 11.2. The molecule has 0 bridgehead atoms. The Morgan fingerprint density at radius 3 is 0.968 bits per heavy atom. The molecule has 0 aliphatic rings. The predicted molar refractivity (Wildman–Crippen MR) is 523 cm³/mol. The van der Waals surface area contributed by atoms with E-state index in [0.29, 0.717) is 5.82 Å². The molecule has 0 saturated heterocycles. The first-order valence-corrected chi connectivity index (χ1v) is 43.2. The number of fused-ring (bicyclic) bond motifs is 12. The molecule has 0 spiro atoms. The van der Waals surface area contributed by atoms with Gasteiger partial charge in [-0.2, -0.15) is 0 Å². The van der Waals surface area contributed by atoms with Crippen LogP contribution >= 0.6 is 11.3 Å². The second-order valence-corrected chi connectivity index (χ2v) is 33.3. The van der Waals surface area contributed by atoms with Gasteiger partial charge in [-0.05, 0) is 233 Å². The molecule has 6 heteroatoms. The summed E-state index contributed by atoms with van der Waals surface area (Å²) < 4.78 is 9.58. The van der Waals surface area contributed by atoms with E-state index in [1.807, 2.05) is 0 Å². The molecule has 24 rings (SSSR count). The second kappa shape index (κ2) is 30.0. The molecular formula is C118H75N5S. The fourth-order valence-electron chi connectivity index (χ4n) is 19.1. The summed E-state index contributed by atoms with van der Waals surface area (Å²) in [5, 5.41) is 8.30. The van der Waals surface area contributed by atoms with E-state index in [1.54, 1.807) is 11.3 Å². The van der Waals surface area contributed by atoms with Crippen LogP contribution in [0.2, 0.25) is 0 Å². The van der Waals surface area contributed by atoms with Crippen LogP contribution in [0.4, 0.5) is 0 Å². The molecule has 24 aromatic rings. The highest BCUT2D eigenvalue weighted by atomic mass is 32.1. The van der Waals surface area contributed by atoms with Crippen molar-refractivity contribution in [1.29, 1.82) is 0 Å². The normalized spacial score (nSPS) is 11.7. The average molecular weight is 1590 g/mol. The highest BCUT2D eigenvalue weighted by Gasteiger charge is 2.25. The van der Waals surface area contributed by atoms with Crippen LogP contribution in [0.3, 0.4) is 0 Å². The second-order valence-electron chi connectivity index (χ2n) is 32.3. The molecule has 0 unspecified atom stereocenters. The first-order valence-electron chi connectivity index (χ1n) is 42.4. The van der Waals surface area contributed by atoms with Crippen molar-refractivity contribution in [1.82, 2.24) is 23.7 Å². The molecule has 0 amide bonds. The molecule has 0 atom stereocenters. The van der Waals surface area contributed by atoms with Gasteiger partial charge in [0.1, 0.15) is 0 Å². The third kappa shape index (κ3) is 12.5. The number of benzene rings is 19. The zero-order chi connectivity index (χ0) is 81.7. The highest BCUT2D eigenvalue weighted by Crippen LogP contribution is 2.49. The minimum Gasteiger partial charge on any atom is -0.309 e. The first kappa shape index (κ1) is 71.9. The highest BCUT2D eigenvalue weighted by molar-refractivity contribution is 7.26. The van der Waals surface area contributed by atoms with Crippen LogP contribution in [0.1, 0.15) is 0 Å². The molecule has 0 aliphatic heterocycles. The Balaban J connectivity index is 0.599. The molecule has 5 heterocycles. The number of hydrogen-bond donors (Lipinski definition) is 0. The number of rotatable bonds is 15. The molecule has 0 aliphatic carbocycles. The Morgan fingerprint density at radius 1 is 0.169 bits per heavy atom. The largest absolute Gasteiger partial charge is 0.309 e. The summed E-state index contributed by atoms with van der Waals surface area (Å²) in [6.07, 6.45) is 0. The smallest absolute Gasteiger partial charge is 0.160 e. The Kier molecular flexibility index (Phi) is 17.4. The monoisotopic (exact) mass is 1590 g/mol. The molecule has 0 saturated carbocycles. The molecular weight excluding hydrogens is 1520 g/mol. The van der Waals surface area contributed by atoms with Crippen molar-refractivity contribution in [2.24, 2.45) is 0 Å². The lowest BCUT2D eigenvalue weighted by molar-refractivity contribution is 1.18. The third-order valence-corrected chi connectivity index (χ3v) is 26.2. The van der Waals surface area contributed by atoms with Gasteiger partial charge in [0.2, 0.25) is 0 Å². The van der Waals surface area contributed by atoms with Gasteiger partial charge in [0.25, 0.3) is 0 Å². The molecule has 0 N–H and O–H groups in total. The van der Waals surface area contributed by atoms with Crippen molar-refractivity contribution in [3.63, 3.8) is 0 Å². The summed E-state index contributed by atoms with van der Waals surface area (Å²) in [6, 6.07) is 167. The lowest BCUT2D eigenvalue weighted by atomic mass is 9.93. The van der Waals surface area contributed by atoms with E-state index in [1.165, 1.54) is 93.4 Å². The van der Waals surface area contributed by atoms with Crippen LogP contribution in [0, 0.1) is 0 Å². The summed E-state index contributed by atoms with van der Waals surface area (Å²) in [5.74, 6) is 0.681. The molecule has 578 valence electrons. The molecule has 124 heavy (non-hydrogen) atoms. The van der Waals surface area contributed by atoms with Gasteiger partial charge in [-0.3, -0.25) is 0 Å². The Hall–Kier alpha value is -16.1. The number of para-hydroxylation sites is 1. The van der Waals surface area contributed by atoms with E-state index >= 15 is 0 Å². The number of thiophene rings is 1. The number of nitrogens with zero attached hydrogens (tertiary/aromatic N) is 5. The third-order valence-electron chi connectivity index (χ3n) is 25.0. The molecule has 19 aromatic carbocycles. The van der Waals surface area contributed by atoms with Gasteiger partial charge in [0, 0.05) is 76.2 Å². The molecule has 5 nitrogen and oxygen atoms in total. The summed E-state index contributed by atoms with van der Waals surface area (Å²) in [5.41, 5.74) is 37.2. The van der Waals surface area contributed by atoms with Gasteiger partial charge in [-0.15, -0.1) is 11.3 Å². The van der Waals surface area contributed by atoms with Gasteiger partial charge in [-0.25, -0.2) is 9.97 Å². The summed E-state index contributed by atoms with van der Waals surface area (Å²) >= 11 is 1.79. The minimum absolute atomic E-state index is 0.681. The fraction of sp³-hybridized carbons (Fsp3) is 0. The van der Waals surface area contributed by atoms with E-state index in [0.717, 1.165) is 137 Å². The van der Waals surface area contributed by atoms with Gasteiger partial charge >= 0.3 is 0 Å². The Bertz CT molecular complexity index is 8270. The minimum atomic E-state index is 0.681. The zero-order valence-corrected chi connectivity index (χ0v) is 68.3. The lowest BCUT2D eigenvalue weighted by Crippen LogP contribution is -1.95. The topological polar surface area (TPSA) is 40.6 Å². The van der Waals surface area contributed by atoms with Crippen molar-refractivity contribution in [3.05, 3.63) is 455 Å². The lowest BCUT2D eigenvalue weighted by Gasteiger charge is -2.13. The van der Waals surface area contributed by atoms with Gasteiger partial charge in [0.05, 0.1) is 49.0 Å². The summed E-state index contributed by atoms with van der Waals surface area (Å²) in [7, 11) is 0. The molecule has 5 aromatic heterocycles. The van der Waals surface area contributed by atoms with Crippen LogP contribution < -0.4 is 0 Å². The maximum Gasteiger partial charge on any atom is 0.160 e. The molecule has 0 radical (unpaired) electrons. The summed E-state index contributed by atoms with van der Waals surface area (Å²) in [6.45, 7) is 0. The van der Waals surface area contributed by atoms with E-state index in [4.69, 9.17) is 9.97 Å². The zero-order valence-electron chi connectivity index (χ0n) is 67.4. The fourth-order valence-corrected chi connectivity index (χ4v) is 20.4. The quantitative estimate of drug-likeness (QED) is 0.103.